The van der Waals surface area contributed by atoms with Gasteiger partial charge in [0, 0.05) is 12.8 Å². The van der Waals surface area contributed by atoms with E-state index in [1.54, 1.807) is 0 Å². The Morgan fingerprint density at radius 3 is 0.922 bits per heavy atom. The standard InChI is InChI=1S/C71H139NO5/c1-3-5-7-9-11-13-15-16-17-18-19-20-21-22-25-28-31-34-37-40-44-47-51-55-59-63-69(74)68(67-73)72-70(75)64-60-56-52-48-45-41-38-35-32-29-26-23-24-27-30-33-36-39-42-46-50-54-58-62-66-77-71(76)65-61-57-53-49-43-14-12-10-8-6-4-2/h26,29,68-69,73-74H,3-25,27-28,30-67H2,1-2H3,(H,72,75)/b29-26-. The largest absolute Gasteiger partial charge is 0.466 e. The highest BCUT2D eigenvalue weighted by atomic mass is 16.5. The summed E-state index contributed by atoms with van der Waals surface area (Å²) in [5.74, 6) is -0.0208. The summed E-state index contributed by atoms with van der Waals surface area (Å²) in [7, 11) is 0. The number of esters is 1. The molecule has 0 fully saturated rings. The Hall–Kier alpha value is -1.40. The van der Waals surface area contributed by atoms with E-state index >= 15 is 0 Å². The minimum absolute atomic E-state index is 0.0134. The average molecular weight is 1090 g/mol. The third kappa shape index (κ3) is 63.6. The molecule has 0 aromatic rings. The summed E-state index contributed by atoms with van der Waals surface area (Å²) >= 11 is 0. The predicted molar refractivity (Wildman–Crippen MR) is 338 cm³/mol. The molecule has 2 unspecified atom stereocenters. The molecule has 6 nitrogen and oxygen atoms in total. The molecule has 0 aromatic heterocycles. The second kappa shape index (κ2) is 67.1. The van der Waals surface area contributed by atoms with E-state index in [4.69, 9.17) is 4.74 Å². The molecule has 0 heterocycles. The third-order valence-electron chi connectivity index (χ3n) is 16.8. The van der Waals surface area contributed by atoms with Gasteiger partial charge in [0.1, 0.15) is 0 Å². The van der Waals surface area contributed by atoms with E-state index in [0.29, 0.717) is 25.9 Å². The van der Waals surface area contributed by atoms with Gasteiger partial charge in [-0.05, 0) is 51.4 Å². The number of carbonyl (C=O) groups is 2. The zero-order valence-electron chi connectivity index (χ0n) is 52.5. The van der Waals surface area contributed by atoms with Crippen LogP contribution in [0, 0.1) is 0 Å². The minimum Gasteiger partial charge on any atom is -0.466 e. The Bertz CT molecular complexity index is 1160. The Balaban J connectivity index is 3.40. The van der Waals surface area contributed by atoms with Gasteiger partial charge < -0.3 is 20.3 Å². The fraction of sp³-hybridized carbons (Fsp3) is 0.944. The first-order chi connectivity index (χ1) is 38.0. The van der Waals surface area contributed by atoms with Crippen LogP contribution in [-0.2, 0) is 14.3 Å². The molecule has 1 amide bonds. The van der Waals surface area contributed by atoms with Gasteiger partial charge in [0.2, 0.25) is 5.91 Å². The van der Waals surface area contributed by atoms with Gasteiger partial charge >= 0.3 is 5.97 Å². The van der Waals surface area contributed by atoms with Crippen LogP contribution in [0.25, 0.3) is 0 Å². The van der Waals surface area contributed by atoms with E-state index in [1.807, 2.05) is 0 Å². The van der Waals surface area contributed by atoms with Crippen molar-refractivity contribution in [2.45, 2.75) is 418 Å². The van der Waals surface area contributed by atoms with Gasteiger partial charge in [0.15, 0.2) is 0 Å². The van der Waals surface area contributed by atoms with Gasteiger partial charge in [0.25, 0.3) is 0 Å². The summed E-state index contributed by atoms with van der Waals surface area (Å²) in [5.41, 5.74) is 0. The van der Waals surface area contributed by atoms with Gasteiger partial charge in [-0.1, -0.05) is 353 Å². The first-order valence-corrected chi connectivity index (χ1v) is 35.4. The molecule has 458 valence electrons. The quantitative estimate of drug-likeness (QED) is 0.0320. The van der Waals surface area contributed by atoms with Crippen molar-refractivity contribution < 1.29 is 24.5 Å². The predicted octanol–water partition coefficient (Wildman–Crippen LogP) is 22.8. The lowest BCUT2D eigenvalue weighted by molar-refractivity contribution is -0.143. The number of ether oxygens (including phenoxy) is 1. The molecule has 0 aliphatic rings. The minimum atomic E-state index is -0.668. The molecule has 0 bridgehead atoms. The highest BCUT2D eigenvalue weighted by Gasteiger charge is 2.20. The third-order valence-corrected chi connectivity index (χ3v) is 16.8. The number of hydrogen-bond acceptors (Lipinski definition) is 5. The van der Waals surface area contributed by atoms with E-state index < -0.39 is 12.1 Å². The second-order valence-electron chi connectivity index (χ2n) is 24.6. The highest BCUT2D eigenvalue weighted by molar-refractivity contribution is 5.76. The van der Waals surface area contributed by atoms with Crippen LogP contribution in [0.3, 0.4) is 0 Å². The van der Waals surface area contributed by atoms with Gasteiger partial charge in [0.05, 0.1) is 25.4 Å². The van der Waals surface area contributed by atoms with Crippen LogP contribution in [0.15, 0.2) is 12.2 Å². The maximum absolute atomic E-state index is 12.6. The van der Waals surface area contributed by atoms with Crippen molar-refractivity contribution in [3.63, 3.8) is 0 Å². The molecule has 0 spiro atoms. The number of allylic oxidation sites excluding steroid dienone is 2. The van der Waals surface area contributed by atoms with Crippen LogP contribution in [0.4, 0.5) is 0 Å². The highest BCUT2D eigenvalue weighted by Crippen LogP contribution is 2.19. The SMILES string of the molecule is CCCCCCCCCCCCCCCCCCCCCCCCCCCC(O)C(CO)NC(=O)CCCCCCCCCC/C=C\CCCCCCCCCCCCCCOC(=O)CCCCCCCCCCCCC. The van der Waals surface area contributed by atoms with Crippen LogP contribution in [0.5, 0.6) is 0 Å². The fourth-order valence-electron chi connectivity index (χ4n) is 11.4. The topological polar surface area (TPSA) is 95.9 Å². The van der Waals surface area contributed by atoms with E-state index in [9.17, 15) is 19.8 Å². The average Bonchev–Trinajstić information content (AvgIpc) is 3.43. The lowest BCUT2D eigenvalue weighted by Gasteiger charge is -2.22. The Labute approximate surface area is 482 Å². The van der Waals surface area contributed by atoms with E-state index in [1.165, 1.54) is 334 Å². The maximum atomic E-state index is 12.6. The maximum Gasteiger partial charge on any atom is 0.305 e. The molecular weight excluding hydrogens is 947 g/mol. The van der Waals surface area contributed by atoms with Gasteiger partial charge in [-0.2, -0.15) is 0 Å². The van der Waals surface area contributed by atoms with Crippen LogP contribution in [0.2, 0.25) is 0 Å². The molecule has 0 radical (unpaired) electrons. The van der Waals surface area contributed by atoms with E-state index in [0.717, 1.165) is 38.5 Å². The van der Waals surface area contributed by atoms with Crippen molar-refractivity contribution in [1.82, 2.24) is 5.32 Å². The summed E-state index contributed by atoms with van der Waals surface area (Å²) in [6.45, 7) is 4.99. The number of unbranched alkanes of at least 4 members (excludes halogenated alkanes) is 54. The van der Waals surface area contributed by atoms with Crippen molar-refractivity contribution in [3.8, 4) is 0 Å². The summed E-state index contributed by atoms with van der Waals surface area (Å²) in [6.07, 6.45) is 82.6. The Kier molecular flexibility index (Phi) is 65.9. The van der Waals surface area contributed by atoms with Crippen LogP contribution in [0.1, 0.15) is 406 Å². The first kappa shape index (κ1) is 75.6. The normalized spacial score (nSPS) is 12.5. The number of nitrogens with one attached hydrogen (secondary N) is 1. The number of amides is 1. The summed E-state index contributed by atoms with van der Waals surface area (Å²) in [6, 6.07) is -0.546. The van der Waals surface area contributed by atoms with Gasteiger partial charge in [-0.25, -0.2) is 0 Å². The summed E-state index contributed by atoms with van der Waals surface area (Å²) in [4.78, 5) is 24.6. The molecule has 77 heavy (non-hydrogen) atoms. The van der Waals surface area contributed by atoms with Crippen LogP contribution in [-0.4, -0.2) is 47.4 Å². The van der Waals surface area contributed by atoms with Crippen molar-refractivity contribution in [2.75, 3.05) is 13.2 Å². The number of aliphatic hydroxyl groups excluding tert-OH is 2. The second-order valence-corrected chi connectivity index (χ2v) is 24.6. The summed E-state index contributed by atoms with van der Waals surface area (Å²) in [5, 5.41) is 23.4. The first-order valence-electron chi connectivity index (χ1n) is 35.4. The Morgan fingerprint density at radius 1 is 0.351 bits per heavy atom. The van der Waals surface area contributed by atoms with Gasteiger partial charge in [-0.15, -0.1) is 0 Å². The molecule has 0 saturated heterocycles. The molecule has 0 aromatic carbocycles. The van der Waals surface area contributed by atoms with Crippen molar-refractivity contribution in [2.24, 2.45) is 0 Å². The molecule has 3 N–H and O–H groups in total. The number of carbonyl (C=O) groups excluding carboxylic acids is 2. The van der Waals surface area contributed by atoms with E-state index in [-0.39, 0.29) is 18.5 Å². The molecule has 0 aliphatic carbocycles. The fourth-order valence-corrected chi connectivity index (χ4v) is 11.4. The van der Waals surface area contributed by atoms with Gasteiger partial charge in [-0.3, -0.25) is 9.59 Å². The number of rotatable bonds is 67. The monoisotopic (exact) mass is 1090 g/mol. The lowest BCUT2D eigenvalue weighted by atomic mass is 10.0. The van der Waals surface area contributed by atoms with Crippen LogP contribution >= 0.6 is 0 Å². The van der Waals surface area contributed by atoms with Crippen molar-refractivity contribution in [1.29, 1.82) is 0 Å². The lowest BCUT2D eigenvalue weighted by Crippen LogP contribution is -2.45. The zero-order valence-corrected chi connectivity index (χ0v) is 52.5. The Morgan fingerprint density at radius 2 is 0.610 bits per heavy atom. The van der Waals surface area contributed by atoms with E-state index in [2.05, 4.69) is 31.3 Å². The molecule has 0 saturated carbocycles. The zero-order chi connectivity index (χ0) is 55.7. The number of hydrogen-bond donors (Lipinski definition) is 3. The summed E-state index contributed by atoms with van der Waals surface area (Å²) < 4.78 is 5.47. The molecule has 0 rings (SSSR count). The van der Waals surface area contributed by atoms with Crippen molar-refractivity contribution >= 4 is 11.9 Å². The van der Waals surface area contributed by atoms with Crippen LogP contribution < -0.4 is 5.32 Å². The molecule has 0 aliphatic heterocycles. The molecular formula is C71H139NO5. The molecule has 6 heteroatoms. The number of aliphatic hydroxyl groups is 2. The van der Waals surface area contributed by atoms with Crippen molar-refractivity contribution in [3.05, 3.63) is 12.2 Å². The molecule has 2 atom stereocenters. The smallest absolute Gasteiger partial charge is 0.305 e.